The Bertz CT molecular complexity index is 430. The van der Waals surface area contributed by atoms with Gasteiger partial charge in [0.25, 0.3) is 5.91 Å². The molecular formula is C14H21N3O2. The predicted molar refractivity (Wildman–Crippen MR) is 73.6 cm³/mol. The molecule has 0 atom stereocenters. The number of carbonyl (C=O) groups excluding carboxylic acids is 1. The van der Waals surface area contributed by atoms with Gasteiger partial charge in [0.15, 0.2) is 0 Å². The van der Waals surface area contributed by atoms with E-state index < -0.39 is 0 Å². The first-order chi connectivity index (χ1) is 9.24. The van der Waals surface area contributed by atoms with Gasteiger partial charge in [-0.05, 0) is 18.9 Å². The lowest BCUT2D eigenvalue weighted by Crippen LogP contribution is -2.43. The van der Waals surface area contributed by atoms with Crippen LogP contribution in [0.4, 0.5) is 5.69 Å². The van der Waals surface area contributed by atoms with E-state index in [0.717, 1.165) is 25.7 Å². The number of amides is 1. The molecule has 1 amide bonds. The van der Waals surface area contributed by atoms with Crippen molar-refractivity contribution in [2.75, 3.05) is 18.9 Å². The van der Waals surface area contributed by atoms with E-state index in [0.29, 0.717) is 17.8 Å². The first kappa shape index (κ1) is 13.8. The van der Waals surface area contributed by atoms with E-state index in [2.05, 4.69) is 4.98 Å². The summed E-state index contributed by atoms with van der Waals surface area (Å²) in [5, 5.41) is 9.19. The minimum absolute atomic E-state index is 0.0206. The Balaban J connectivity index is 2.18. The number of rotatable bonds is 4. The number of hydrogen-bond acceptors (Lipinski definition) is 4. The first-order valence-electron chi connectivity index (χ1n) is 6.85. The molecular weight excluding hydrogens is 242 g/mol. The molecule has 0 aliphatic heterocycles. The lowest BCUT2D eigenvalue weighted by atomic mass is 9.93. The molecule has 5 nitrogen and oxygen atoms in total. The molecule has 1 aliphatic rings. The van der Waals surface area contributed by atoms with Crippen LogP contribution in [0.25, 0.3) is 0 Å². The molecule has 1 saturated carbocycles. The topological polar surface area (TPSA) is 79.5 Å². The van der Waals surface area contributed by atoms with Gasteiger partial charge in [0, 0.05) is 18.8 Å². The third-order valence-corrected chi connectivity index (χ3v) is 3.70. The molecule has 0 bridgehead atoms. The van der Waals surface area contributed by atoms with E-state index in [1.165, 1.54) is 12.6 Å². The molecule has 1 heterocycles. The summed E-state index contributed by atoms with van der Waals surface area (Å²) in [6.07, 6.45) is 8.60. The van der Waals surface area contributed by atoms with Crippen LogP contribution < -0.4 is 5.73 Å². The zero-order valence-electron chi connectivity index (χ0n) is 11.1. The number of aliphatic hydroxyl groups excluding tert-OH is 1. The third-order valence-electron chi connectivity index (χ3n) is 3.70. The van der Waals surface area contributed by atoms with Crippen LogP contribution >= 0.6 is 0 Å². The maximum absolute atomic E-state index is 12.6. The van der Waals surface area contributed by atoms with Crippen molar-refractivity contribution < 1.29 is 9.90 Å². The highest BCUT2D eigenvalue weighted by atomic mass is 16.3. The smallest absolute Gasteiger partial charge is 0.256 e. The van der Waals surface area contributed by atoms with Gasteiger partial charge in [-0.3, -0.25) is 9.78 Å². The van der Waals surface area contributed by atoms with Gasteiger partial charge in [-0.1, -0.05) is 19.3 Å². The molecule has 3 N–H and O–H groups in total. The largest absolute Gasteiger partial charge is 0.397 e. The Morgan fingerprint density at radius 3 is 2.79 bits per heavy atom. The highest BCUT2D eigenvalue weighted by Crippen LogP contribution is 2.24. The van der Waals surface area contributed by atoms with Crippen LogP contribution in [-0.4, -0.2) is 40.1 Å². The molecule has 19 heavy (non-hydrogen) atoms. The summed E-state index contributed by atoms with van der Waals surface area (Å²) >= 11 is 0. The number of aliphatic hydroxyl groups is 1. The van der Waals surface area contributed by atoms with E-state index in [4.69, 9.17) is 5.73 Å². The lowest BCUT2D eigenvalue weighted by Gasteiger charge is -2.34. The van der Waals surface area contributed by atoms with Gasteiger partial charge in [0.05, 0.1) is 24.1 Å². The number of nitrogen functional groups attached to an aromatic ring is 1. The molecule has 0 aromatic carbocycles. The van der Waals surface area contributed by atoms with Gasteiger partial charge in [0.1, 0.15) is 0 Å². The van der Waals surface area contributed by atoms with Crippen LogP contribution in [0.15, 0.2) is 18.5 Å². The maximum Gasteiger partial charge on any atom is 0.256 e. The summed E-state index contributed by atoms with van der Waals surface area (Å²) in [6.45, 7) is 0.346. The van der Waals surface area contributed by atoms with Gasteiger partial charge in [0.2, 0.25) is 0 Å². The zero-order chi connectivity index (χ0) is 13.7. The molecule has 0 unspecified atom stereocenters. The minimum Gasteiger partial charge on any atom is -0.397 e. The van der Waals surface area contributed by atoms with Gasteiger partial charge in [-0.25, -0.2) is 0 Å². The van der Waals surface area contributed by atoms with Crippen molar-refractivity contribution in [3.63, 3.8) is 0 Å². The molecule has 1 aromatic heterocycles. The van der Waals surface area contributed by atoms with Crippen LogP contribution in [0.5, 0.6) is 0 Å². The second-order valence-corrected chi connectivity index (χ2v) is 4.98. The molecule has 2 rings (SSSR count). The Morgan fingerprint density at radius 2 is 2.16 bits per heavy atom. The highest BCUT2D eigenvalue weighted by molar-refractivity contribution is 5.99. The Hall–Kier alpha value is -1.62. The van der Waals surface area contributed by atoms with Crippen molar-refractivity contribution in [3.05, 3.63) is 24.0 Å². The van der Waals surface area contributed by atoms with Crippen molar-refractivity contribution in [2.45, 2.75) is 38.1 Å². The monoisotopic (exact) mass is 263 g/mol. The van der Waals surface area contributed by atoms with Crippen molar-refractivity contribution in [1.29, 1.82) is 0 Å². The lowest BCUT2D eigenvalue weighted by molar-refractivity contribution is 0.0586. The van der Waals surface area contributed by atoms with Crippen molar-refractivity contribution in [2.24, 2.45) is 0 Å². The van der Waals surface area contributed by atoms with Gasteiger partial charge < -0.3 is 15.7 Å². The number of pyridine rings is 1. The van der Waals surface area contributed by atoms with Crippen molar-refractivity contribution in [1.82, 2.24) is 9.88 Å². The molecule has 0 radical (unpaired) electrons. The third kappa shape index (κ3) is 3.23. The normalized spacial score (nSPS) is 16.3. The predicted octanol–water partition coefficient (Wildman–Crippen LogP) is 1.43. The summed E-state index contributed by atoms with van der Waals surface area (Å²) < 4.78 is 0. The van der Waals surface area contributed by atoms with Crippen molar-refractivity contribution >= 4 is 11.6 Å². The molecule has 1 aliphatic carbocycles. The number of hydrogen-bond donors (Lipinski definition) is 2. The molecule has 1 aromatic rings. The summed E-state index contributed by atoms with van der Waals surface area (Å²) in [7, 11) is 0. The van der Waals surface area contributed by atoms with E-state index in [1.54, 1.807) is 17.2 Å². The Labute approximate surface area is 113 Å². The summed E-state index contributed by atoms with van der Waals surface area (Å²) in [4.78, 5) is 18.2. The van der Waals surface area contributed by atoms with Crippen LogP contribution in [0, 0.1) is 0 Å². The van der Waals surface area contributed by atoms with Crippen LogP contribution in [0.3, 0.4) is 0 Å². The fourth-order valence-corrected chi connectivity index (χ4v) is 2.71. The second-order valence-electron chi connectivity index (χ2n) is 4.98. The zero-order valence-corrected chi connectivity index (χ0v) is 11.1. The molecule has 1 fully saturated rings. The average Bonchev–Trinajstić information content (AvgIpc) is 2.45. The number of carbonyl (C=O) groups is 1. The van der Waals surface area contributed by atoms with Crippen molar-refractivity contribution in [3.8, 4) is 0 Å². The summed E-state index contributed by atoms with van der Waals surface area (Å²) in [5.41, 5.74) is 6.69. The van der Waals surface area contributed by atoms with Gasteiger partial charge >= 0.3 is 0 Å². The quantitative estimate of drug-likeness (QED) is 0.861. The fourth-order valence-electron chi connectivity index (χ4n) is 2.71. The summed E-state index contributed by atoms with van der Waals surface area (Å²) in [5.74, 6) is -0.0964. The van der Waals surface area contributed by atoms with Crippen LogP contribution in [0.2, 0.25) is 0 Å². The minimum atomic E-state index is -0.0964. The van der Waals surface area contributed by atoms with Crippen LogP contribution in [-0.2, 0) is 0 Å². The SMILES string of the molecule is Nc1cnccc1C(=O)N(CCO)C1CCCCC1. The molecule has 104 valence electrons. The molecule has 0 saturated heterocycles. The first-order valence-corrected chi connectivity index (χ1v) is 6.85. The van der Waals surface area contributed by atoms with E-state index in [1.807, 2.05) is 0 Å². The van der Waals surface area contributed by atoms with E-state index >= 15 is 0 Å². The average molecular weight is 263 g/mol. The number of nitrogens with zero attached hydrogens (tertiary/aromatic N) is 2. The number of anilines is 1. The highest BCUT2D eigenvalue weighted by Gasteiger charge is 2.26. The Morgan fingerprint density at radius 1 is 1.42 bits per heavy atom. The van der Waals surface area contributed by atoms with E-state index in [-0.39, 0.29) is 18.6 Å². The standard InChI is InChI=1S/C14H21N3O2/c15-13-10-16-7-6-12(13)14(19)17(8-9-18)11-4-2-1-3-5-11/h6-7,10-11,18H,1-5,8-9,15H2. The fraction of sp³-hybridized carbons (Fsp3) is 0.571. The molecule has 0 spiro atoms. The Kier molecular flexibility index (Phi) is 4.74. The van der Waals surface area contributed by atoms with Crippen LogP contribution in [0.1, 0.15) is 42.5 Å². The number of aromatic nitrogens is 1. The number of nitrogens with two attached hydrogens (primary N) is 1. The molecule has 5 heteroatoms. The van der Waals surface area contributed by atoms with Gasteiger partial charge in [-0.2, -0.15) is 0 Å². The van der Waals surface area contributed by atoms with E-state index in [9.17, 15) is 9.90 Å². The maximum atomic E-state index is 12.6. The summed E-state index contributed by atoms with van der Waals surface area (Å²) in [6, 6.07) is 1.87. The second kappa shape index (κ2) is 6.52. The van der Waals surface area contributed by atoms with Gasteiger partial charge in [-0.15, -0.1) is 0 Å².